The highest BCUT2D eigenvalue weighted by atomic mass is 31.1. The predicted octanol–water partition coefficient (Wildman–Crippen LogP) is 1.81. The number of aromatic hydroxyl groups is 1. The Balaban J connectivity index is 0.000000231. The van der Waals surface area contributed by atoms with E-state index in [2.05, 4.69) is 4.98 Å². The van der Waals surface area contributed by atoms with Crippen molar-refractivity contribution in [2.45, 2.75) is 19.4 Å². The SMILES string of the molecule is Cc1ncc(CO)c(C=O)c1O.O=[P+](O)C(O)c1ccccc1. The van der Waals surface area contributed by atoms with Crippen molar-refractivity contribution in [1.82, 2.24) is 4.98 Å². The molecule has 1 aromatic carbocycles. The number of benzene rings is 1. The molecule has 1 aromatic heterocycles. The lowest BCUT2D eigenvalue weighted by Gasteiger charge is -2.04. The molecule has 122 valence electrons. The van der Waals surface area contributed by atoms with Crippen LogP contribution in [0.4, 0.5) is 0 Å². The van der Waals surface area contributed by atoms with E-state index in [0.29, 0.717) is 23.1 Å². The molecule has 0 spiro atoms. The summed E-state index contributed by atoms with van der Waals surface area (Å²) < 4.78 is 10.4. The molecule has 0 aliphatic rings. The summed E-state index contributed by atoms with van der Waals surface area (Å²) in [6.07, 6.45) is 1.88. The van der Waals surface area contributed by atoms with Crippen molar-refractivity contribution in [3.05, 3.63) is 58.9 Å². The monoisotopic (exact) mass is 338 g/mol. The Hall–Kier alpha value is -2.18. The third-order valence-corrected chi connectivity index (χ3v) is 3.67. The zero-order valence-electron chi connectivity index (χ0n) is 12.3. The summed E-state index contributed by atoms with van der Waals surface area (Å²) in [5, 5.41) is 27.1. The minimum atomic E-state index is -2.53. The molecular formula is C15H17NO6P+. The van der Waals surface area contributed by atoms with Gasteiger partial charge < -0.3 is 15.3 Å². The van der Waals surface area contributed by atoms with Crippen LogP contribution >= 0.6 is 8.03 Å². The van der Waals surface area contributed by atoms with E-state index in [-0.39, 0.29) is 17.9 Å². The average molecular weight is 338 g/mol. The summed E-state index contributed by atoms with van der Waals surface area (Å²) in [5.41, 5.74) is 1.31. The molecule has 23 heavy (non-hydrogen) atoms. The molecule has 0 bridgehead atoms. The van der Waals surface area contributed by atoms with E-state index in [1.54, 1.807) is 37.3 Å². The Kier molecular flexibility index (Phi) is 7.44. The van der Waals surface area contributed by atoms with Gasteiger partial charge in [0.15, 0.2) is 6.29 Å². The van der Waals surface area contributed by atoms with Crippen LogP contribution in [0.5, 0.6) is 5.75 Å². The molecule has 2 rings (SSSR count). The van der Waals surface area contributed by atoms with Gasteiger partial charge in [-0.3, -0.25) is 9.78 Å². The van der Waals surface area contributed by atoms with E-state index in [9.17, 15) is 14.5 Å². The third kappa shape index (κ3) is 5.19. The van der Waals surface area contributed by atoms with Gasteiger partial charge in [-0.05, 0) is 11.5 Å². The molecule has 2 unspecified atom stereocenters. The van der Waals surface area contributed by atoms with Gasteiger partial charge in [-0.1, -0.05) is 30.3 Å². The number of hydrogen-bond acceptors (Lipinski definition) is 6. The standard InChI is InChI=1S/C8H9NO3.C7H7O3P/c1-5-8(12)7(4-11)6(3-10)2-9-5;8-7(11(9)10)6-4-2-1-3-5-6/h2,4,10,12H,3H2,1H3;1-5,7-8H/p+1. The first-order valence-electron chi connectivity index (χ1n) is 6.54. The van der Waals surface area contributed by atoms with Crippen molar-refractivity contribution in [2.24, 2.45) is 0 Å². The molecule has 0 saturated heterocycles. The summed E-state index contributed by atoms with van der Waals surface area (Å²) in [4.78, 5) is 22.8. The predicted molar refractivity (Wildman–Crippen MR) is 83.2 cm³/mol. The average Bonchev–Trinajstić information content (AvgIpc) is 2.57. The van der Waals surface area contributed by atoms with Gasteiger partial charge in [0, 0.05) is 17.3 Å². The molecule has 2 atom stereocenters. The summed E-state index contributed by atoms with van der Waals surface area (Å²) in [6.45, 7) is 1.29. The van der Waals surface area contributed by atoms with E-state index in [1.165, 1.54) is 6.20 Å². The number of carbonyl (C=O) groups is 1. The van der Waals surface area contributed by atoms with Gasteiger partial charge in [-0.2, -0.15) is 4.89 Å². The lowest BCUT2D eigenvalue weighted by Crippen LogP contribution is -1.96. The van der Waals surface area contributed by atoms with Crippen molar-refractivity contribution < 1.29 is 29.6 Å². The first-order chi connectivity index (χ1) is 10.9. The second-order valence-electron chi connectivity index (χ2n) is 4.49. The van der Waals surface area contributed by atoms with E-state index in [0.717, 1.165) is 0 Å². The first-order valence-corrected chi connectivity index (χ1v) is 7.82. The summed E-state index contributed by atoms with van der Waals surface area (Å²) in [7, 11) is -2.53. The van der Waals surface area contributed by atoms with Crippen LogP contribution in [0.3, 0.4) is 0 Å². The zero-order valence-corrected chi connectivity index (χ0v) is 13.2. The zero-order chi connectivity index (χ0) is 17.4. The lowest BCUT2D eigenvalue weighted by atomic mass is 10.1. The third-order valence-electron chi connectivity index (χ3n) is 2.95. The quantitative estimate of drug-likeness (QED) is 0.494. The summed E-state index contributed by atoms with van der Waals surface area (Å²) >= 11 is 0. The Bertz CT molecular complexity index is 677. The number of aromatic nitrogens is 1. The maximum atomic E-state index is 10.5. The Morgan fingerprint density at radius 1 is 1.30 bits per heavy atom. The molecule has 8 heteroatoms. The second kappa shape index (κ2) is 9.07. The molecule has 2 aromatic rings. The van der Waals surface area contributed by atoms with Gasteiger partial charge in [0.25, 0.3) is 0 Å². The van der Waals surface area contributed by atoms with E-state index < -0.39 is 13.9 Å². The van der Waals surface area contributed by atoms with Crippen LogP contribution < -0.4 is 0 Å². The lowest BCUT2D eigenvalue weighted by molar-refractivity contribution is 0.111. The van der Waals surface area contributed by atoms with Crippen LogP contribution in [-0.2, 0) is 11.2 Å². The number of pyridine rings is 1. The molecule has 0 amide bonds. The van der Waals surface area contributed by atoms with Crippen molar-refractivity contribution >= 4 is 14.3 Å². The second-order valence-corrected chi connectivity index (χ2v) is 5.59. The number of aryl methyl sites for hydroxylation is 1. The van der Waals surface area contributed by atoms with E-state index in [4.69, 9.17) is 15.1 Å². The topological polar surface area (TPSA) is 128 Å². The Labute approximate surface area is 133 Å². The van der Waals surface area contributed by atoms with Crippen LogP contribution in [0.2, 0.25) is 0 Å². The van der Waals surface area contributed by atoms with Crippen molar-refractivity contribution in [3.63, 3.8) is 0 Å². The normalized spacial score (nSPS) is 11.9. The molecular weight excluding hydrogens is 321 g/mol. The van der Waals surface area contributed by atoms with Gasteiger partial charge in [0.2, 0.25) is 0 Å². The van der Waals surface area contributed by atoms with Gasteiger partial charge in [0.1, 0.15) is 5.75 Å². The summed E-state index contributed by atoms with van der Waals surface area (Å²) in [5.74, 6) is -1.41. The molecule has 7 nitrogen and oxygen atoms in total. The highest BCUT2D eigenvalue weighted by Crippen LogP contribution is 2.34. The fourth-order valence-corrected chi connectivity index (χ4v) is 2.09. The van der Waals surface area contributed by atoms with Crippen LogP contribution in [0.25, 0.3) is 0 Å². The smallest absolute Gasteiger partial charge is 0.505 e. The van der Waals surface area contributed by atoms with Crippen LogP contribution in [0.15, 0.2) is 36.5 Å². The maximum absolute atomic E-state index is 10.5. The van der Waals surface area contributed by atoms with Crippen LogP contribution in [-0.4, -0.2) is 31.5 Å². The Morgan fingerprint density at radius 2 is 1.91 bits per heavy atom. The number of rotatable bonds is 4. The first kappa shape index (κ1) is 18.9. The van der Waals surface area contributed by atoms with Crippen LogP contribution in [0.1, 0.15) is 33.0 Å². The van der Waals surface area contributed by atoms with Gasteiger partial charge in [-0.15, -0.1) is 0 Å². The fourth-order valence-electron chi connectivity index (χ4n) is 1.66. The molecule has 1 heterocycles. The molecule has 0 radical (unpaired) electrons. The van der Waals surface area contributed by atoms with Crippen molar-refractivity contribution in [2.75, 3.05) is 0 Å². The number of carbonyl (C=O) groups excluding carboxylic acids is 1. The number of aldehydes is 1. The number of aliphatic hydroxyl groups is 2. The van der Waals surface area contributed by atoms with Gasteiger partial charge >= 0.3 is 13.9 Å². The fraction of sp³-hybridized carbons (Fsp3) is 0.200. The van der Waals surface area contributed by atoms with Crippen LogP contribution in [0, 0.1) is 6.92 Å². The molecule has 0 fully saturated rings. The molecule has 0 saturated carbocycles. The van der Waals surface area contributed by atoms with E-state index >= 15 is 0 Å². The number of aliphatic hydroxyl groups excluding tert-OH is 2. The summed E-state index contributed by atoms with van der Waals surface area (Å²) in [6, 6.07) is 8.40. The molecule has 4 N–H and O–H groups in total. The Morgan fingerprint density at radius 3 is 2.39 bits per heavy atom. The highest BCUT2D eigenvalue weighted by Gasteiger charge is 2.27. The largest absolute Gasteiger partial charge is 0.542 e. The van der Waals surface area contributed by atoms with Gasteiger partial charge in [0.05, 0.1) is 17.9 Å². The molecule has 0 aliphatic carbocycles. The number of nitrogens with zero attached hydrogens (tertiary/aromatic N) is 1. The van der Waals surface area contributed by atoms with E-state index in [1.807, 2.05) is 0 Å². The molecule has 0 aliphatic heterocycles. The minimum absolute atomic E-state index is 0.116. The maximum Gasteiger partial charge on any atom is 0.542 e. The highest BCUT2D eigenvalue weighted by molar-refractivity contribution is 7.38. The van der Waals surface area contributed by atoms with Crippen molar-refractivity contribution in [1.29, 1.82) is 0 Å². The van der Waals surface area contributed by atoms with Crippen molar-refractivity contribution in [3.8, 4) is 5.75 Å². The number of hydrogen-bond donors (Lipinski definition) is 4. The van der Waals surface area contributed by atoms with Gasteiger partial charge in [-0.25, -0.2) is 0 Å². The minimum Gasteiger partial charge on any atom is -0.505 e.